The number of amides is 1. The molecule has 1 aromatic carbocycles. The van der Waals surface area contributed by atoms with Gasteiger partial charge in [0.2, 0.25) is 0 Å². The maximum absolute atomic E-state index is 14.5. The molecule has 1 amide bonds. The van der Waals surface area contributed by atoms with Crippen molar-refractivity contribution in [2.24, 2.45) is 18.9 Å². The van der Waals surface area contributed by atoms with Gasteiger partial charge in [0.1, 0.15) is 23.4 Å². The number of nitrogens with one attached hydrogen (secondary N) is 3. The Labute approximate surface area is 216 Å². The predicted molar refractivity (Wildman–Crippen MR) is 142 cm³/mol. The van der Waals surface area contributed by atoms with Crippen molar-refractivity contribution in [3.63, 3.8) is 0 Å². The zero-order chi connectivity index (χ0) is 26.3. The number of rotatable bonds is 8. The first kappa shape index (κ1) is 25.1. The number of nitrogens with zero attached hydrogens (tertiary/aromatic N) is 4. The van der Waals surface area contributed by atoms with Gasteiger partial charge in [-0.15, -0.1) is 10.2 Å². The fourth-order valence-corrected chi connectivity index (χ4v) is 5.38. The van der Waals surface area contributed by atoms with Gasteiger partial charge < -0.3 is 20.2 Å². The van der Waals surface area contributed by atoms with Crippen molar-refractivity contribution in [2.75, 3.05) is 5.32 Å². The molecule has 0 aliphatic heterocycles. The molecule has 0 saturated heterocycles. The summed E-state index contributed by atoms with van der Waals surface area (Å²) in [4.78, 5) is 20.6. The summed E-state index contributed by atoms with van der Waals surface area (Å²) in [5.74, 6) is 1.09. The lowest BCUT2D eigenvalue weighted by molar-refractivity contribution is 0.102. The summed E-state index contributed by atoms with van der Waals surface area (Å²) in [5, 5.41) is 14.9. The first-order chi connectivity index (χ1) is 17.7. The third kappa shape index (κ3) is 4.64. The minimum atomic E-state index is -0.477. The molecule has 0 bridgehead atoms. The number of H-pyrrole nitrogens is 1. The highest BCUT2D eigenvalue weighted by atomic mass is 19.1. The maximum atomic E-state index is 14.5. The van der Waals surface area contributed by atoms with Crippen LogP contribution in [-0.2, 0) is 19.0 Å². The minimum Gasteiger partial charge on any atom is -0.357 e. The number of pyridine rings is 1. The number of halogens is 1. The largest absolute Gasteiger partial charge is 0.357 e. The van der Waals surface area contributed by atoms with Crippen LogP contribution in [-0.4, -0.2) is 36.7 Å². The van der Waals surface area contributed by atoms with E-state index in [9.17, 15) is 9.18 Å². The molecule has 37 heavy (non-hydrogen) atoms. The molecule has 3 aromatic heterocycles. The van der Waals surface area contributed by atoms with E-state index in [2.05, 4.69) is 64.6 Å². The highest BCUT2D eigenvalue weighted by Crippen LogP contribution is 2.51. The second kappa shape index (κ2) is 9.70. The maximum Gasteiger partial charge on any atom is 0.274 e. The Morgan fingerprint density at radius 1 is 1.27 bits per heavy atom. The molecule has 3 heterocycles. The van der Waals surface area contributed by atoms with E-state index in [1.165, 1.54) is 6.20 Å². The number of hydrogen-bond donors (Lipinski definition) is 3. The second-order valence-electron chi connectivity index (χ2n) is 10.8. The Kier molecular flexibility index (Phi) is 6.58. The zero-order valence-corrected chi connectivity index (χ0v) is 22.0. The number of fused-ring (bicyclic) bond motifs is 1. The molecular weight excluding hydrogens is 469 g/mol. The van der Waals surface area contributed by atoms with Gasteiger partial charge in [0.05, 0.1) is 10.9 Å². The molecule has 0 radical (unpaired) electrons. The molecule has 1 aliphatic carbocycles. The first-order valence-electron chi connectivity index (χ1n) is 12.8. The smallest absolute Gasteiger partial charge is 0.274 e. The molecule has 0 spiro atoms. The molecule has 9 heteroatoms. The van der Waals surface area contributed by atoms with Crippen LogP contribution in [0.4, 0.5) is 10.1 Å². The Morgan fingerprint density at radius 2 is 2.05 bits per heavy atom. The second-order valence-corrected chi connectivity index (χ2v) is 10.8. The summed E-state index contributed by atoms with van der Waals surface area (Å²) >= 11 is 0. The van der Waals surface area contributed by atoms with Gasteiger partial charge in [0.25, 0.3) is 5.91 Å². The number of benzene rings is 1. The number of anilines is 1. The van der Waals surface area contributed by atoms with Crippen molar-refractivity contribution in [1.82, 2.24) is 30.0 Å². The van der Waals surface area contributed by atoms with Gasteiger partial charge >= 0.3 is 0 Å². The van der Waals surface area contributed by atoms with Crippen molar-refractivity contribution >= 4 is 22.6 Å². The lowest BCUT2D eigenvalue weighted by Gasteiger charge is -2.46. The summed E-state index contributed by atoms with van der Waals surface area (Å²) in [7, 11) is 1.96. The van der Waals surface area contributed by atoms with E-state index in [-0.39, 0.29) is 28.6 Å². The molecule has 8 nitrogen and oxygen atoms in total. The molecule has 0 unspecified atom stereocenters. The average Bonchev–Trinajstić information content (AvgIpc) is 3.45. The Morgan fingerprint density at radius 3 is 2.73 bits per heavy atom. The number of aromatic nitrogens is 5. The number of aromatic amines is 1. The van der Waals surface area contributed by atoms with E-state index in [4.69, 9.17) is 0 Å². The van der Waals surface area contributed by atoms with E-state index < -0.39 is 5.82 Å². The number of aryl methyl sites for hydroxylation is 1. The van der Waals surface area contributed by atoms with Crippen molar-refractivity contribution < 1.29 is 9.18 Å². The van der Waals surface area contributed by atoms with E-state index in [1.807, 2.05) is 29.8 Å². The quantitative estimate of drug-likeness (QED) is 0.316. The number of carbonyl (C=O) groups is 1. The monoisotopic (exact) mass is 503 g/mol. The van der Waals surface area contributed by atoms with Gasteiger partial charge in [0, 0.05) is 31.5 Å². The molecule has 5 rings (SSSR count). The fraction of sp³-hybridized carbons (Fsp3) is 0.429. The Bertz CT molecular complexity index is 1430. The number of hydrogen-bond acceptors (Lipinski definition) is 5. The minimum absolute atomic E-state index is 0.167. The van der Waals surface area contributed by atoms with Crippen LogP contribution < -0.4 is 10.6 Å². The van der Waals surface area contributed by atoms with Gasteiger partial charge in [-0.1, -0.05) is 32.9 Å². The summed E-state index contributed by atoms with van der Waals surface area (Å²) in [6.07, 6.45) is 4.94. The van der Waals surface area contributed by atoms with Crippen LogP contribution in [0.5, 0.6) is 0 Å². The third-order valence-corrected chi connectivity index (χ3v) is 7.72. The van der Waals surface area contributed by atoms with E-state index in [0.29, 0.717) is 29.6 Å². The van der Waals surface area contributed by atoms with Crippen molar-refractivity contribution in [3.05, 3.63) is 71.3 Å². The van der Waals surface area contributed by atoms with Crippen LogP contribution in [0.25, 0.3) is 11.0 Å². The van der Waals surface area contributed by atoms with Crippen molar-refractivity contribution in [1.29, 1.82) is 0 Å². The fourth-order valence-electron chi connectivity index (χ4n) is 5.38. The molecule has 3 N–H and O–H groups in total. The normalized spacial score (nSPS) is 20.2. The lowest BCUT2D eigenvalue weighted by atomic mass is 9.58. The Balaban J connectivity index is 1.43. The summed E-state index contributed by atoms with van der Waals surface area (Å²) in [6, 6.07) is 9.87. The topological polar surface area (TPSA) is 101 Å². The number of carbonyl (C=O) groups excluding carboxylic acids is 1. The van der Waals surface area contributed by atoms with E-state index in [0.717, 1.165) is 29.8 Å². The van der Waals surface area contributed by atoms with E-state index in [1.54, 1.807) is 12.4 Å². The van der Waals surface area contributed by atoms with Gasteiger partial charge in [-0.25, -0.2) is 9.37 Å². The molecule has 1 saturated carbocycles. The average molecular weight is 504 g/mol. The van der Waals surface area contributed by atoms with Gasteiger partial charge in [0.15, 0.2) is 5.82 Å². The van der Waals surface area contributed by atoms with Crippen LogP contribution in [0.2, 0.25) is 0 Å². The van der Waals surface area contributed by atoms with Crippen molar-refractivity contribution in [3.8, 4) is 0 Å². The molecule has 1 atom stereocenters. The zero-order valence-electron chi connectivity index (χ0n) is 22.0. The van der Waals surface area contributed by atoms with Gasteiger partial charge in [-0.2, -0.15) is 0 Å². The molecule has 4 aromatic rings. The predicted octanol–water partition coefficient (Wildman–Crippen LogP) is 4.93. The lowest BCUT2D eigenvalue weighted by Crippen LogP contribution is -2.43. The van der Waals surface area contributed by atoms with Crippen LogP contribution in [0.15, 0.2) is 42.9 Å². The van der Waals surface area contributed by atoms with Crippen LogP contribution in [0.1, 0.15) is 68.0 Å². The van der Waals surface area contributed by atoms with Crippen LogP contribution in [0.3, 0.4) is 0 Å². The van der Waals surface area contributed by atoms with Gasteiger partial charge in [-0.3, -0.25) is 4.79 Å². The highest BCUT2D eigenvalue weighted by Gasteiger charge is 2.48. The summed E-state index contributed by atoms with van der Waals surface area (Å²) in [6.45, 7) is 9.11. The molecule has 1 aliphatic rings. The SMILES string of the molecule is CC1CC(c2cccc(NC(=O)c3cc(CN[C@@H](C)C(C)C)c4[nH]cc(F)c4n3)c2)(c2nncn2C)C1. The summed E-state index contributed by atoms with van der Waals surface area (Å²) < 4.78 is 16.5. The molecule has 1 fully saturated rings. The van der Waals surface area contributed by atoms with Crippen LogP contribution in [0, 0.1) is 17.7 Å². The van der Waals surface area contributed by atoms with E-state index >= 15 is 0 Å². The molecule has 194 valence electrons. The Hall–Kier alpha value is -3.59. The summed E-state index contributed by atoms with van der Waals surface area (Å²) in [5.41, 5.74) is 3.25. The third-order valence-electron chi connectivity index (χ3n) is 7.72. The van der Waals surface area contributed by atoms with Gasteiger partial charge in [-0.05, 0) is 60.9 Å². The standard InChI is InChI=1S/C28H34FN7O/c1-16(2)18(4)30-13-19-9-23(34-25-22(29)14-31-24(19)25)26(37)33-21-8-6-7-20(10-21)28(11-17(3)12-28)27-35-32-15-36(27)5/h6-10,14-18,30-31H,11-13H2,1-5H3,(H,33,37)/t17?,18-,28?/m0/s1. The van der Waals surface area contributed by atoms with Crippen LogP contribution >= 0.6 is 0 Å². The van der Waals surface area contributed by atoms with Crippen molar-refractivity contribution in [2.45, 2.75) is 58.5 Å². The highest BCUT2D eigenvalue weighted by molar-refractivity contribution is 6.04. The first-order valence-corrected chi connectivity index (χ1v) is 12.8. The molecular formula is C28H34FN7O.